The molecule has 1 N–H and O–H groups in total. The second-order valence-electron chi connectivity index (χ2n) is 6.08. The Morgan fingerprint density at radius 1 is 1.14 bits per heavy atom. The molecule has 0 atom stereocenters. The Kier molecular flexibility index (Phi) is 5.39. The highest BCUT2D eigenvalue weighted by molar-refractivity contribution is 8.00. The molecule has 0 saturated carbocycles. The number of benzene rings is 2. The van der Waals surface area contributed by atoms with Crippen LogP contribution >= 0.6 is 11.8 Å². The van der Waals surface area contributed by atoms with Gasteiger partial charge >= 0.3 is 11.5 Å². The lowest BCUT2D eigenvalue weighted by Gasteiger charge is -2.11. The van der Waals surface area contributed by atoms with Gasteiger partial charge in [-0.2, -0.15) is 13.2 Å². The van der Waals surface area contributed by atoms with Crippen molar-refractivity contribution in [3.05, 3.63) is 59.5 Å². The first-order valence-electron chi connectivity index (χ1n) is 8.03. The molecule has 154 valence electrons. The first kappa shape index (κ1) is 21.2. The minimum absolute atomic E-state index is 0.0777. The molecule has 1 heterocycles. The van der Waals surface area contributed by atoms with Crippen molar-refractivity contribution in [1.29, 1.82) is 0 Å². The Hall–Kier alpha value is -2.53. The number of fused-ring (bicyclic) bond motifs is 1. The molecule has 2 aromatic carbocycles. The third kappa shape index (κ3) is 4.25. The minimum Gasteiger partial charge on any atom is -0.481 e. The van der Waals surface area contributed by atoms with E-state index in [9.17, 15) is 30.8 Å². The van der Waals surface area contributed by atoms with E-state index in [-0.39, 0.29) is 43.7 Å². The molecule has 11 heteroatoms. The van der Waals surface area contributed by atoms with Gasteiger partial charge in [0.15, 0.2) is 0 Å². The van der Waals surface area contributed by atoms with E-state index in [4.69, 9.17) is 5.11 Å². The zero-order chi connectivity index (χ0) is 21.6. The summed E-state index contributed by atoms with van der Waals surface area (Å²) < 4.78 is 78.3. The fourth-order valence-electron chi connectivity index (χ4n) is 3.03. The molecule has 0 saturated heterocycles. The first-order chi connectivity index (χ1) is 13.4. The number of rotatable bonds is 5. The number of hydrogen-bond acceptors (Lipinski definition) is 4. The van der Waals surface area contributed by atoms with Crippen LogP contribution < -0.4 is 0 Å². The number of aromatic nitrogens is 1. The van der Waals surface area contributed by atoms with E-state index in [1.54, 1.807) is 0 Å². The summed E-state index contributed by atoms with van der Waals surface area (Å²) in [6.45, 7) is 1.39. The Labute approximate surface area is 167 Å². The van der Waals surface area contributed by atoms with E-state index < -0.39 is 33.7 Å². The van der Waals surface area contributed by atoms with Crippen LogP contribution in [0, 0.1) is 12.7 Å². The molecule has 1 aromatic heterocycles. The van der Waals surface area contributed by atoms with E-state index >= 15 is 0 Å². The number of hydrogen-bond donors (Lipinski definition) is 1. The molecular formula is C18H13F4NO4S2. The predicted octanol–water partition coefficient (Wildman–Crippen LogP) is 4.56. The summed E-state index contributed by atoms with van der Waals surface area (Å²) in [5.74, 6) is -1.88. The molecule has 3 rings (SSSR count). The maximum atomic E-state index is 13.7. The SMILES string of the molecule is Cc1c(CC(=O)O)c2cc(F)ccc2n1S(=O)(=O)c1ccc(SC(F)(F)F)cc1. The molecule has 5 nitrogen and oxygen atoms in total. The van der Waals surface area contributed by atoms with Gasteiger partial charge in [-0.05, 0) is 66.7 Å². The average Bonchev–Trinajstić information content (AvgIpc) is 2.85. The van der Waals surface area contributed by atoms with Gasteiger partial charge in [-0.1, -0.05) is 0 Å². The molecular weight excluding hydrogens is 434 g/mol. The largest absolute Gasteiger partial charge is 0.481 e. The lowest BCUT2D eigenvalue weighted by molar-refractivity contribution is -0.136. The zero-order valence-electron chi connectivity index (χ0n) is 14.7. The maximum absolute atomic E-state index is 13.7. The van der Waals surface area contributed by atoms with E-state index in [2.05, 4.69) is 0 Å². The Morgan fingerprint density at radius 3 is 2.31 bits per heavy atom. The van der Waals surface area contributed by atoms with Gasteiger partial charge in [-0.25, -0.2) is 16.8 Å². The average molecular weight is 447 g/mol. The van der Waals surface area contributed by atoms with Gasteiger partial charge in [0.25, 0.3) is 10.0 Å². The van der Waals surface area contributed by atoms with Gasteiger partial charge in [0.05, 0.1) is 16.8 Å². The third-order valence-electron chi connectivity index (χ3n) is 4.17. The number of thioether (sulfide) groups is 1. The fraction of sp³-hybridized carbons (Fsp3) is 0.167. The van der Waals surface area contributed by atoms with Crippen molar-refractivity contribution in [1.82, 2.24) is 3.97 Å². The van der Waals surface area contributed by atoms with E-state index in [0.717, 1.165) is 40.4 Å². The highest BCUT2D eigenvalue weighted by Crippen LogP contribution is 2.37. The number of aliphatic carboxylic acids is 1. The molecule has 0 fully saturated rings. The summed E-state index contributed by atoms with van der Waals surface area (Å²) >= 11 is -0.374. The van der Waals surface area contributed by atoms with Crippen LogP contribution in [0.2, 0.25) is 0 Å². The number of carboxylic acid groups (broad SMARTS) is 1. The number of carboxylic acids is 1. The summed E-state index contributed by atoms with van der Waals surface area (Å²) in [6, 6.07) is 7.45. The van der Waals surface area contributed by atoms with Gasteiger partial charge in [0.2, 0.25) is 0 Å². The van der Waals surface area contributed by atoms with Crippen LogP contribution in [-0.2, 0) is 21.2 Å². The van der Waals surface area contributed by atoms with E-state index in [0.29, 0.717) is 0 Å². The second-order valence-corrected chi connectivity index (χ2v) is 9.01. The van der Waals surface area contributed by atoms with Crippen LogP contribution in [0.5, 0.6) is 0 Å². The minimum atomic E-state index is -4.51. The smallest absolute Gasteiger partial charge is 0.446 e. The highest BCUT2D eigenvalue weighted by Gasteiger charge is 2.30. The quantitative estimate of drug-likeness (QED) is 0.458. The molecule has 3 aromatic rings. The van der Waals surface area contributed by atoms with Crippen LogP contribution in [0.3, 0.4) is 0 Å². The van der Waals surface area contributed by atoms with Crippen LogP contribution in [0.25, 0.3) is 10.9 Å². The Morgan fingerprint density at radius 2 is 1.76 bits per heavy atom. The van der Waals surface area contributed by atoms with Crippen molar-refractivity contribution in [2.75, 3.05) is 0 Å². The fourth-order valence-corrected chi connectivity index (χ4v) is 5.15. The molecule has 0 spiro atoms. The van der Waals surface area contributed by atoms with Crippen molar-refractivity contribution in [2.24, 2.45) is 0 Å². The Bertz CT molecular complexity index is 1200. The van der Waals surface area contributed by atoms with Crippen molar-refractivity contribution in [3.63, 3.8) is 0 Å². The molecule has 0 aliphatic rings. The molecule has 0 aliphatic carbocycles. The molecule has 0 amide bonds. The van der Waals surface area contributed by atoms with Gasteiger partial charge in [0.1, 0.15) is 5.82 Å². The number of carbonyl (C=O) groups is 1. The summed E-state index contributed by atoms with van der Waals surface area (Å²) in [5.41, 5.74) is -4.21. The van der Waals surface area contributed by atoms with Crippen LogP contribution in [-0.4, -0.2) is 29.0 Å². The number of alkyl halides is 3. The summed E-state index contributed by atoms with van der Waals surface area (Å²) in [5, 5.41) is 9.26. The second kappa shape index (κ2) is 7.38. The predicted molar refractivity (Wildman–Crippen MR) is 98.9 cm³/mol. The lowest BCUT2D eigenvalue weighted by atomic mass is 10.1. The highest BCUT2D eigenvalue weighted by atomic mass is 32.2. The van der Waals surface area contributed by atoms with Crippen molar-refractivity contribution in [2.45, 2.75) is 28.6 Å². The van der Waals surface area contributed by atoms with Gasteiger partial charge in [-0.3, -0.25) is 4.79 Å². The summed E-state index contributed by atoms with van der Waals surface area (Å²) in [6.07, 6.45) is -0.518. The number of halogens is 4. The van der Waals surface area contributed by atoms with E-state index in [1.807, 2.05) is 0 Å². The summed E-state index contributed by atoms with van der Waals surface area (Å²) in [4.78, 5) is 10.7. The van der Waals surface area contributed by atoms with Crippen molar-refractivity contribution in [3.8, 4) is 0 Å². The maximum Gasteiger partial charge on any atom is 0.446 e. The molecule has 0 bridgehead atoms. The van der Waals surface area contributed by atoms with Gasteiger partial charge < -0.3 is 5.11 Å². The van der Waals surface area contributed by atoms with Crippen LogP contribution in [0.4, 0.5) is 17.6 Å². The van der Waals surface area contributed by atoms with Crippen molar-refractivity contribution < 1.29 is 35.9 Å². The third-order valence-corrected chi connectivity index (χ3v) is 6.73. The summed E-state index contributed by atoms with van der Waals surface area (Å²) in [7, 11) is -4.27. The lowest BCUT2D eigenvalue weighted by Crippen LogP contribution is -2.15. The van der Waals surface area contributed by atoms with Gasteiger partial charge in [-0.15, -0.1) is 0 Å². The number of nitrogens with zero attached hydrogens (tertiary/aromatic N) is 1. The standard InChI is InChI=1S/C18H13F4NO4S2/c1-10-14(9-17(24)25)15-8-11(19)2-7-16(15)23(10)29(26,27)13-5-3-12(4-6-13)28-18(20,21)22/h2-8H,9H2,1H3,(H,24,25). The first-order valence-corrected chi connectivity index (χ1v) is 10.3. The monoisotopic (exact) mass is 447 g/mol. The topological polar surface area (TPSA) is 76.4 Å². The zero-order valence-corrected chi connectivity index (χ0v) is 16.3. The molecule has 0 aliphatic heterocycles. The molecule has 0 unspecified atom stereocenters. The molecule has 0 radical (unpaired) electrons. The normalized spacial score (nSPS) is 12.4. The van der Waals surface area contributed by atoms with Crippen LogP contribution in [0.1, 0.15) is 11.3 Å². The van der Waals surface area contributed by atoms with Gasteiger partial charge in [0, 0.05) is 16.0 Å². The molecule has 29 heavy (non-hydrogen) atoms. The van der Waals surface area contributed by atoms with Crippen LogP contribution in [0.15, 0.2) is 52.3 Å². The van der Waals surface area contributed by atoms with E-state index in [1.165, 1.54) is 13.0 Å². The Balaban J connectivity index is 2.16. The van der Waals surface area contributed by atoms with Crippen molar-refractivity contribution >= 4 is 38.7 Å².